The van der Waals surface area contributed by atoms with Gasteiger partial charge in [-0.25, -0.2) is 9.59 Å². The van der Waals surface area contributed by atoms with Crippen molar-refractivity contribution >= 4 is 33.5 Å². The summed E-state index contributed by atoms with van der Waals surface area (Å²) in [4.78, 5) is 25.8. The van der Waals surface area contributed by atoms with Gasteiger partial charge in [0.25, 0.3) is 0 Å². The molecule has 0 aliphatic carbocycles. The van der Waals surface area contributed by atoms with Crippen molar-refractivity contribution in [1.29, 1.82) is 0 Å². The van der Waals surface area contributed by atoms with Crippen molar-refractivity contribution in [3.63, 3.8) is 0 Å². The third kappa shape index (κ3) is 2.99. The van der Waals surface area contributed by atoms with Crippen molar-refractivity contribution in [2.45, 2.75) is 26.1 Å². The SMILES string of the molecule is CC1=C(C2=C(C)C(=O)O[C@H]2c2cccc3ccccc23)[C@H](c2cccc3ccccc23)OC1=O. The van der Waals surface area contributed by atoms with E-state index in [0.717, 1.165) is 43.8 Å². The van der Waals surface area contributed by atoms with Gasteiger partial charge in [0.15, 0.2) is 12.2 Å². The smallest absolute Gasteiger partial charge is 0.335 e. The quantitative estimate of drug-likeness (QED) is 0.336. The van der Waals surface area contributed by atoms with E-state index in [0.29, 0.717) is 11.1 Å². The van der Waals surface area contributed by atoms with Crippen LogP contribution >= 0.6 is 0 Å². The van der Waals surface area contributed by atoms with Crippen LogP contribution < -0.4 is 0 Å². The lowest BCUT2D eigenvalue weighted by Crippen LogP contribution is -2.10. The Morgan fingerprint density at radius 3 is 1.35 bits per heavy atom. The molecule has 0 unspecified atom stereocenters. The fourth-order valence-electron chi connectivity index (χ4n) is 5.20. The van der Waals surface area contributed by atoms with Crippen molar-refractivity contribution in [1.82, 2.24) is 0 Å². The van der Waals surface area contributed by atoms with Crippen LogP contribution in [0.1, 0.15) is 37.2 Å². The molecule has 0 saturated heterocycles. The Balaban J connectivity index is 1.57. The number of ether oxygens (including phenoxy) is 2. The molecule has 4 aromatic carbocycles. The Morgan fingerprint density at radius 1 is 0.529 bits per heavy atom. The Kier molecular flexibility index (Phi) is 4.63. The van der Waals surface area contributed by atoms with Crippen LogP contribution in [0.4, 0.5) is 0 Å². The summed E-state index contributed by atoms with van der Waals surface area (Å²) in [7, 11) is 0. The number of benzene rings is 4. The summed E-state index contributed by atoms with van der Waals surface area (Å²) in [6.07, 6.45) is -1.23. The van der Waals surface area contributed by atoms with Crippen LogP contribution in [0.15, 0.2) is 107 Å². The van der Waals surface area contributed by atoms with Crippen LogP contribution in [-0.2, 0) is 19.1 Å². The van der Waals surface area contributed by atoms with E-state index in [1.165, 1.54) is 0 Å². The molecule has 0 spiro atoms. The highest BCUT2D eigenvalue weighted by Gasteiger charge is 2.44. The zero-order valence-corrected chi connectivity index (χ0v) is 18.9. The van der Waals surface area contributed by atoms with Gasteiger partial charge in [-0.2, -0.15) is 0 Å². The number of fused-ring (bicyclic) bond motifs is 2. The van der Waals surface area contributed by atoms with Gasteiger partial charge >= 0.3 is 11.9 Å². The highest BCUT2D eigenvalue weighted by atomic mass is 16.6. The van der Waals surface area contributed by atoms with Crippen LogP contribution in [-0.4, -0.2) is 11.9 Å². The summed E-state index contributed by atoms with van der Waals surface area (Å²) < 4.78 is 11.9. The molecular weight excluding hydrogens is 424 g/mol. The molecule has 2 aliphatic heterocycles. The van der Waals surface area contributed by atoms with Crippen molar-refractivity contribution < 1.29 is 19.1 Å². The number of hydrogen-bond donors (Lipinski definition) is 0. The number of carbonyl (C=O) groups is 2. The summed E-state index contributed by atoms with van der Waals surface area (Å²) >= 11 is 0. The first-order valence-corrected chi connectivity index (χ1v) is 11.3. The molecule has 4 nitrogen and oxygen atoms in total. The van der Waals surface area contributed by atoms with Gasteiger partial charge in [-0.1, -0.05) is 84.9 Å². The summed E-state index contributed by atoms with van der Waals surface area (Å²) in [5.74, 6) is -0.742. The molecule has 0 N–H and O–H groups in total. The number of hydrogen-bond acceptors (Lipinski definition) is 4. The normalized spacial score (nSPS) is 20.4. The maximum absolute atomic E-state index is 12.9. The Bertz CT molecular complexity index is 1440. The molecule has 0 aromatic heterocycles. The van der Waals surface area contributed by atoms with Gasteiger partial charge in [0.2, 0.25) is 0 Å². The molecule has 2 heterocycles. The molecule has 0 amide bonds. The topological polar surface area (TPSA) is 52.6 Å². The van der Waals surface area contributed by atoms with Crippen LogP contribution in [0.25, 0.3) is 21.5 Å². The van der Waals surface area contributed by atoms with Gasteiger partial charge < -0.3 is 9.47 Å². The predicted octanol–water partition coefficient (Wildman–Crippen LogP) is 6.52. The van der Waals surface area contributed by atoms with Crippen LogP contribution in [0.3, 0.4) is 0 Å². The van der Waals surface area contributed by atoms with Gasteiger partial charge in [-0.05, 0) is 35.4 Å². The molecule has 2 atom stereocenters. The summed E-state index contributed by atoms with van der Waals surface area (Å²) in [5, 5.41) is 4.16. The highest BCUT2D eigenvalue weighted by molar-refractivity contribution is 6.00. The second-order valence-electron chi connectivity index (χ2n) is 8.78. The van der Waals surface area contributed by atoms with Crippen molar-refractivity contribution in [3.8, 4) is 0 Å². The van der Waals surface area contributed by atoms with E-state index in [1.807, 2.05) is 84.9 Å². The molecule has 2 aliphatic rings. The third-order valence-corrected chi connectivity index (χ3v) is 6.90. The van der Waals surface area contributed by atoms with E-state index in [9.17, 15) is 9.59 Å². The summed E-state index contributed by atoms with van der Waals surface area (Å²) in [5.41, 5.74) is 4.26. The maximum Gasteiger partial charge on any atom is 0.335 e. The molecule has 0 fully saturated rings. The first kappa shape index (κ1) is 20.4. The fourth-order valence-corrected chi connectivity index (χ4v) is 5.20. The van der Waals surface area contributed by atoms with E-state index in [2.05, 4.69) is 0 Å². The highest BCUT2D eigenvalue weighted by Crippen LogP contribution is 2.50. The van der Waals surface area contributed by atoms with E-state index in [1.54, 1.807) is 13.8 Å². The molecule has 4 aromatic rings. The van der Waals surface area contributed by atoms with Crippen molar-refractivity contribution in [2.75, 3.05) is 0 Å². The minimum atomic E-state index is -0.615. The van der Waals surface area contributed by atoms with Crippen LogP contribution in [0.5, 0.6) is 0 Å². The van der Waals surface area contributed by atoms with E-state index in [4.69, 9.17) is 9.47 Å². The van der Waals surface area contributed by atoms with Gasteiger partial charge in [0.05, 0.1) is 0 Å². The first-order chi connectivity index (χ1) is 16.5. The molecule has 0 radical (unpaired) electrons. The van der Waals surface area contributed by atoms with Gasteiger partial charge in [0, 0.05) is 33.4 Å². The van der Waals surface area contributed by atoms with Crippen LogP contribution in [0.2, 0.25) is 0 Å². The lowest BCUT2D eigenvalue weighted by atomic mass is 9.84. The molecule has 4 heteroatoms. The number of carbonyl (C=O) groups excluding carboxylic acids is 2. The standard InChI is InChI=1S/C30H22O4/c1-17-25(27(33-29(17)31)23-15-7-11-19-9-3-5-13-21(19)23)26-18(2)30(32)34-28(26)24-16-8-12-20-10-4-6-14-22(20)24/h3-16,27-28H,1-2H3/t27-,28-/m0/s1. The Hall–Kier alpha value is -4.18. The molecule has 0 bridgehead atoms. The Morgan fingerprint density at radius 2 is 0.912 bits per heavy atom. The minimum Gasteiger partial charge on any atom is -0.449 e. The second-order valence-corrected chi connectivity index (χ2v) is 8.78. The molecule has 34 heavy (non-hydrogen) atoms. The first-order valence-electron chi connectivity index (χ1n) is 11.3. The molecule has 0 saturated carbocycles. The lowest BCUT2D eigenvalue weighted by molar-refractivity contribution is -0.141. The largest absolute Gasteiger partial charge is 0.449 e. The van der Waals surface area contributed by atoms with Crippen molar-refractivity contribution in [3.05, 3.63) is 118 Å². The average molecular weight is 447 g/mol. The third-order valence-electron chi connectivity index (χ3n) is 6.90. The number of rotatable bonds is 3. The maximum atomic E-state index is 12.9. The summed E-state index contributed by atoms with van der Waals surface area (Å²) in [6.45, 7) is 3.54. The predicted molar refractivity (Wildman–Crippen MR) is 131 cm³/mol. The number of cyclic esters (lactones) is 2. The van der Waals surface area contributed by atoms with Gasteiger partial charge in [-0.3, -0.25) is 0 Å². The lowest BCUT2D eigenvalue weighted by Gasteiger charge is -2.22. The molecule has 166 valence electrons. The van der Waals surface area contributed by atoms with Gasteiger partial charge in [0.1, 0.15) is 0 Å². The van der Waals surface area contributed by atoms with Gasteiger partial charge in [-0.15, -0.1) is 0 Å². The molecular formula is C30H22O4. The summed E-state index contributed by atoms with van der Waals surface area (Å²) in [6, 6.07) is 28.1. The second kappa shape index (κ2) is 7.70. The minimum absolute atomic E-state index is 0.371. The fraction of sp³-hybridized carbons (Fsp3) is 0.133. The van der Waals surface area contributed by atoms with E-state index in [-0.39, 0.29) is 11.9 Å². The van der Waals surface area contributed by atoms with Crippen molar-refractivity contribution in [2.24, 2.45) is 0 Å². The zero-order chi connectivity index (χ0) is 23.4. The Labute approximate surface area is 197 Å². The van der Waals surface area contributed by atoms with Crippen LogP contribution in [0, 0.1) is 0 Å². The zero-order valence-electron chi connectivity index (χ0n) is 18.9. The monoisotopic (exact) mass is 446 g/mol. The van der Waals surface area contributed by atoms with E-state index >= 15 is 0 Å². The average Bonchev–Trinajstić information content (AvgIpc) is 3.32. The molecule has 6 rings (SSSR count). The van der Waals surface area contributed by atoms with E-state index < -0.39 is 12.2 Å². The number of esters is 2.